The summed E-state index contributed by atoms with van der Waals surface area (Å²) in [5.74, 6) is -1.08. The molecule has 2 aromatic carbocycles. The van der Waals surface area contributed by atoms with Crippen LogP contribution >= 0.6 is 0 Å². The van der Waals surface area contributed by atoms with Crippen LogP contribution in [-0.4, -0.2) is 33.2 Å². The van der Waals surface area contributed by atoms with Crippen molar-refractivity contribution in [3.05, 3.63) is 64.5 Å². The molecular formula is C24H29N3O4. The summed E-state index contributed by atoms with van der Waals surface area (Å²) in [5.41, 5.74) is 4.50. The molecule has 1 N–H and O–H groups in total. The van der Waals surface area contributed by atoms with Gasteiger partial charge < -0.3 is 24.1 Å². The summed E-state index contributed by atoms with van der Waals surface area (Å²) in [6.07, 6.45) is -0.0921. The molecule has 0 radical (unpaired) electrons. The van der Waals surface area contributed by atoms with Crippen LogP contribution in [0.1, 0.15) is 32.5 Å². The summed E-state index contributed by atoms with van der Waals surface area (Å²) in [6.45, 7) is 7.06. The minimum Gasteiger partial charge on any atom is -0.550 e. The van der Waals surface area contributed by atoms with Crippen molar-refractivity contribution in [1.29, 1.82) is 0 Å². The van der Waals surface area contributed by atoms with Crippen LogP contribution in [0.2, 0.25) is 0 Å². The predicted molar refractivity (Wildman–Crippen MR) is 121 cm³/mol. The van der Waals surface area contributed by atoms with Crippen LogP contribution in [0, 0.1) is 0 Å². The van der Waals surface area contributed by atoms with E-state index in [2.05, 4.69) is 48.9 Å². The monoisotopic (exact) mass is 423 g/mol. The van der Waals surface area contributed by atoms with Gasteiger partial charge in [-0.3, -0.25) is 4.90 Å². The maximum absolute atomic E-state index is 12.9. The molecule has 1 aliphatic heterocycles. The summed E-state index contributed by atoms with van der Waals surface area (Å²) < 4.78 is 5.76. The van der Waals surface area contributed by atoms with Gasteiger partial charge in [-0.15, -0.1) is 0 Å². The maximum atomic E-state index is 12.9. The lowest BCUT2D eigenvalue weighted by Gasteiger charge is -2.23. The Morgan fingerprint density at radius 2 is 1.81 bits per heavy atom. The number of nitrogens with one attached hydrogen (secondary N) is 1. The van der Waals surface area contributed by atoms with Gasteiger partial charge in [0.25, 0.3) is 0 Å². The molecule has 1 aliphatic rings. The fourth-order valence-corrected chi connectivity index (χ4v) is 4.23. The topological polar surface area (TPSA) is 81.3 Å². The number of para-hydroxylation sites is 2. The minimum atomic E-state index is -1.08. The van der Waals surface area contributed by atoms with Gasteiger partial charge in [-0.25, -0.2) is 4.79 Å². The number of rotatable bonds is 4. The molecule has 0 saturated heterocycles. The molecule has 31 heavy (non-hydrogen) atoms. The number of quaternary nitrogens is 1. The van der Waals surface area contributed by atoms with Gasteiger partial charge in [0, 0.05) is 49.3 Å². The van der Waals surface area contributed by atoms with Crippen molar-refractivity contribution in [2.75, 3.05) is 37.0 Å². The smallest absolute Gasteiger partial charge is 0.347 e. The Bertz CT molecular complexity index is 1100. The first kappa shape index (κ1) is 22.4. The molecule has 2 heterocycles. The maximum Gasteiger partial charge on any atom is 0.347 e. The van der Waals surface area contributed by atoms with Gasteiger partial charge in [0.05, 0.1) is 7.05 Å². The molecule has 4 rings (SSSR count). The van der Waals surface area contributed by atoms with E-state index in [4.69, 9.17) is 14.3 Å². The van der Waals surface area contributed by atoms with Gasteiger partial charge in [0.15, 0.2) is 5.69 Å². The highest BCUT2D eigenvalue weighted by Crippen LogP contribution is 2.33. The number of hydrogen-bond donors (Lipinski definition) is 1. The molecule has 7 heteroatoms. The van der Waals surface area contributed by atoms with E-state index in [-0.39, 0.29) is 11.8 Å². The molecule has 0 amide bonds. The SMILES string of the molecule is CC(=O)[O-].CCN(CC)c1ccc2cc(C3N(C)c4ccccc4[NH+]3C)c(=O)oc2c1. The van der Waals surface area contributed by atoms with Crippen molar-refractivity contribution >= 4 is 34.0 Å². The number of nitrogens with zero attached hydrogens (tertiary/aromatic N) is 2. The van der Waals surface area contributed by atoms with Crippen molar-refractivity contribution in [3.63, 3.8) is 0 Å². The van der Waals surface area contributed by atoms with Gasteiger partial charge in [0.1, 0.15) is 16.8 Å². The number of fused-ring (bicyclic) bond motifs is 2. The lowest BCUT2D eigenvalue weighted by atomic mass is 10.1. The van der Waals surface area contributed by atoms with Crippen LogP contribution in [0.3, 0.4) is 0 Å². The van der Waals surface area contributed by atoms with E-state index in [9.17, 15) is 4.79 Å². The van der Waals surface area contributed by atoms with Crippen molar-refractivity contribution in [2.24, 2.45) is 0 Å². The van der Waals surface area contributed by atoms with E-state index >= 15 is 0 Å². The Kier molecular flexibility index (Phi) is 6.65. The van der Waals surface area contributed by atoms with Crippen LogP contribution in [0.5, 0.6) is 0 Å². The van der Waals surface area contributed by atoms with Crippen LogP contribution in [0.4, 0.5) is 17.1 Å². The third-order valence-electron chi connectivity index (χ3n) is 5.68. The average molecular weight is 424 g/mol. The van der Waals surface area contributed by atoms with Crippen LogP contribution in [0.15, 0.2) is 57.7 Å². The van der Waals surface area contributed by atoms with Crippen molar-refractivity contribution in [3.8, 4) is 0 Å². The van der Waals surface area contributed by atoms with Gasteiger partial charge in [-0.2, -0.15) is 0 Å². The van der Waals surface area contributed by atoms with Crippen LogP contribution in [0.25, 0.3) is 11.0 Å². The summed E-state index contributed by atoms with van der Waals surface area (Å²) in [5, 5.41) is 9.85. The molecule has 0 fully saturated rings. The van der Waals surface area contributed by atoms with E-state index in [1.54, 1.807) is 0 Å². The van der Waals surface area contributed by atoms with E-state index in [1.807, 2.05) is 37.4 Å². The molecule has 0 aliphatic carbocycles. The number of carboxylic acid groups (broad SMARTS) is 1. The first-order valence-electron chi connectivity index (χ1n) is 10.4. The highest BCUT2D eigenvalue weighted by Gasteiger charge is 2.39. The molecule has 0 spiro atoms. The zero-order chi connectivity index (χ0) is 22.7. The fraction of sp³-hybridized carbons (Fsp3) is 0.333. The summed E-state index contributed by atoms with van der Waals surface area (Å²) >= 11 is 0. The molecular weight excluding hydrogens is 394 g/mol. The summed E-state index contributed by atoms with van der Waals surface area (Å²) in [4.78, 5) is 27.3. The average Bonchev–Trinajstić information content (AvgIpc) is 2.99. The molecule has 0 bridgehead atoms. The molecule has 164 valence electrons. The van der Waals surface area contributed by atoms with Gasteiger partial charge in [-0.1, -0.05) is 12.1 Å². The highest BCUT2D eigenvalue weighted by atomic mass is 16.4. The Hall–Kier alpha value is -3.32. The molecule has 2 unspecified atom stereocenters. The van der Waals surface area contributed by atoms with Crippen molar-refractivity contribution in [1.82, 2.24) is 0 Å². The first-order valence-corrected chi connectivity index (χ1v) is 10.4. The number of anilines is 2. The molecule has 3 aromatic rings. The second-order valence-corrected chi connectivity index (χ2v) is 7.59. The summed E-state index contributed by atoms with van der Waals surface area (Å²) in [7, 11) is 4.13. The second-order valence-electron chi connectivity index (χ2n) is 7.59. The molecule has 7 nitrogen and oxygen atoms in total. The van der Waals surface area contributed by atoms with Crippen LogP contribution in [-0.2, 0) is 4.79 Å². The van der Waals surface area contributed by atoms with Crippen molar-refractivity contribution < 1.29 is 19.2 Å². The van der Waals surface area contributed by atoms with Gasteiger partial charge >= 0.3 is 5.63 Å². The second kappa shape index (κ2) is 9.22. The minimum absolute atomic E-state index is 0.0921. The third kappa shape index (κ3) is 4.41. The zero-order valence-corrected chi connectivity index (χ0v) is 18.6. The lowest BCUT2D eigenvalue weighted by Crippen LogP contribution is -3.04. The third-order valence-corrected chi connectivity index (χ3v) is 5.68. The fourth-order valence-electron chi connectivity index (χ4n) is 4.23. The quantitative estimate of drug-likeness (QED) is 0.644. The number of carbonyl (C=O) groups excluding carboxylic acids is 1. The normalized spacial score (nSPS) is 17.1. The standard InChI is InChI=1S/C22H25N3O2.C2H4O2/c1-5-25(6-2)16-12-11-15-13-17(22(26)27-20(15)14-16)21-23(3)18-9-7-8-10-19(18)24(21)4;1-2(3)4/h7-14,21H,5-6H2,1-4H3;1H3,(H,3,4). The van der Waals surface area contributed by atoms with E-state index in [0.29, 0.717) is 11.1 Å². The molecule has 0 saturated carbocycles. The Balaban J connectivity index is 0.000000628. The van der Waals surface area contributed by atoms with Gasteiger partial charge in [-0.05, 0) is 45.0 Å². The Morgan fingerprint density at radius 1 is 1.16 bits per heavy atom. The Labute approximate surface area is 182 Å². The number of hydrogen-bond acceptors (Lipinski definition) is 6. The van der Waals surface area contributed by atoms with Crippen LogP contribution < -0.4 is 25.4 Å². The molecule has 1 aromatic heterocycles. The number of benzene rings is 2. The van der Waals surface area contributed by atoms with Crippen molar-refractivity contribution in [2.45, 2.75) is 26.9 Å². The predicted octanol–water partition coefficient (Wildman–Crippen LogP) is 1.69. The summed E-state index contributed by atoms with van der Waals surface area (Å²) in [6, 6.07) is 16.4. The van der Waals surface area contributed by atoms with E-state index in [1.165, 1.54) is 10.6 Å². The zero-order valence-electron chi connectivity index (χ0n) is 18.6. The van der Waals surface area contributed by atoms with E-state index in [0.717, 1.165) is 36.8 Å². The Morgan fingerprint density at radius 3 is 2.42 bits per heavy atom. The van der Waals surface area contributed by atoms with Gasteiger partial charge in [0.2, 0.25) is 6.17 Å². The number of carboxylic acids is 1. The number of aliphatic carboxylic acids is 1. The highest BCUT2D eigenvalue weighted by molar-refractivity contribution is 5.81. The first-order chi connectivity index (χ1) is 14.8. The molecule has 2 atom stereocenters. The number of carbonyl (C=O) groups is 1. The lowest BCUT2D eigenvalue weighted by molar-refractivity contribution is -0.838. The largest absolute Gasteiger partial charge is 0.550 e. The van der Waals surface area contributed by atoms with E-state index < -0.39 is 5.97 Å².